The van der Waals surface area contributed by atoms with Gasteiger partial charge in [-0.15, -0.1) is 0 Å². The van der Waals surface area contributed by atoms with E-state index in [1.54, 1.807) is 0 Å². The van der Waals surface area contributed by atoms with Gasteiger partial charge in [0.25, 0.3) is 0 Å². The number of carbonyl (C=O) groups excluding carboxylic acids is 1. The van der Waals surface area contributed by atoms with Crippen molar-refractivity contribution in [3.8, 4) is 0 Å². The van der Waals surface area contributed by atoms with Gasteiger partial charge in [0.15, 0.2) is 0 Å². The van der Waals surface area contributed by atoms with Crippen LogP contribution in [0, 0.1) is 0 Å². The largest absolute Gasteiger partial charge is 0.478 e. The summed E-state index contributed by atoms with van der Waals surface area (Å²) >= 11 is 5.96. The molecule has 0 atom stereocenters. The second-order valence-electron chi connectivity index (χ2n) is 5.29. The Labute approximate surface area is 122 Å². The van der Waals surface area contributed by atoms with Gasteiger partial charge in [-0.2, -0.15) is 0 Å². The zero-order valence-electron chi connectivity index (χ0n) is 11.0. The van der Waals surface area contributed by atoms with Gasteiger partial charge in [0.2, 0.25) is 5.91 Å². The second kappa shape index (κ2) is 5.81. The van der Waals surface area contributed by atoms with E-state index in [0.29, 0.717) is 5.69 Å². The van der Waals surface area contributed by atoms with Gasteiger partial charge in [0.1, 0.15) is 0 Å². The molecule has 0 bridgehead atoms. The Hall–Kier alpha value is -1.59. The first-order valence-corrected chi connectivity index (χ1v) is 6.89. The standard InChI is InChI=1S/C14H17ClN2O3/c15-10-7-9(13(19)20)3-4-11(10)17-12(18)8-14(16)5-1-2-6-14/h3-4,7H,1-2,5-6,8,16H2,(H,17,18)(H,19,20). The molecule has 108 valence electrons. The summed E-state index contributed by atoms with van der Waals surface area (Å²) in [5.41, 5.74) is 6.21. The summed E-state index contributed by atoms with van der Waals surface area (Å²) < 4.78 is 0. The number of amides is 1. The summed E-state index contributed by atoms with van der Waals surface area (Å²) in [7, 11) is 0. The summed E-state index contributed by atoms with van der Waals surface area (Å²) in [6, 6.07) is 4.20. The molecule has 0 radical (unpaired) electrons. The number of carboxylic acids is 1. The maximum absolute atomic E-state index is 12.0. The van der Waals surface area contributed by atoms with Crippen molar-refractivity contribution in [1.29, 1.82) is 0 Å². The van der Waals surface area contributed by atoms with Crippen molar-refractivity contribution in [3.05, 3.63) is 28.8 Å². The van der Waals surface area contributed by atoms with Crippen molar-refractivity contribution in [2.24, 2.45) is 5.73 Å². The maximum Gasteiger partial charge on any atom is 0.335 e. The van der Waals surface area contributed by atoms with Crippen molar-refractivity contribution in [2.45, 2.75) is 37.6 Å². The molecule has 1 aromatic carbocycles. The highest BCUT2D eigenvalue weighted by Crippen LogP contribution is 2.31. The van der Waals surface area contributed by atoms with Gasteiger partial charge >= 0.3 is 5.97 Å². The van der Waals surface area contributed by atoms with Crippen molar-refractivity contribution in [1.82, 2.24) is 0 Å². The van der Waals surface area contributed by atoms with Gasteiger partial charge in [-0.25, -0.2) is 4.79 Å². The number of hydrogen-bond acceptors (Lipinski definition) is 3. The molecule has 0 aromatic heterocycles. The number of anilines is 1. The lowest BCUT2D eigenvalue weighted by Gasteiger charge is -2.22. The minimum atomic E-state index is -1.06. The highest BCUT2D eigenvalue weighted by Gasteiger charge is 2.31. The summed E-state index contributed by atoms with van der Waals surface area (Å²) in [4.78, 5) is 22.8. The molecule has 1 aliphatic rings. The fraction of sp³-hybridized carbons (Fsp3) is 0.429. The van der Waals surface area contributed by atoms with E-state index in [1.165, 1.54) is 18.2 Å². The number of rotatable bonds is 4. The summed E-state index contributed by atoms with van der Waals surface area (Å²) in [5, 5.41) is 11.7. The molecule has 0 saturated heterocycles. The molecule has 1 amide bonds. The first kappa shape index (κ1) is 14.8. The van der Waals surface area contributed by atoms with Crippen LogP contribution in [-0.4, -0.2) is 22.5 Å². The van der Waals surface area contributed by atoms with Gasteiger partial charge in [0, 0.05) is 12.0 Å². The molecule has 4 N–H and O–H groups in total. The Morgan fingerprint density at radius 2 is 2.00 bits per heavy atom. The zero-order chi connectivity index (χ0) is 14.8. The Morgan fingerprint density at radius 1 is 1.35 bits per heavy atom. The SMILES string of the molecule is NC1(CC(=O)Nc2ccc(C(=O)O)cc2Cl)CCCC1. The van der Waals surface area contributed by atoms with Crippen LogP contribution in [0.3, 0.4) is 0 Å². The molecule has 6 heteroatoms. The first-order chi connectivity index (χ1) is 9.39. The molecule has 1 aromatic rings. The third-order valence-corrected chi connectivity index (χ3v) is 3.91. The molecule has 1 aliphatic carbocycles. The smallest absolute Gasteiger partial charge is 0.335 e. The topological polar surface area (TPSA) is 92.4 Å². The molecule has 1 saturated carbocycles. The zero-order valence-corrected chi connectivity index (χ0v) is 11.7. The number of carbonyl (C=O) groups is 2. The number of benzene rings is 1. The van der Waals surface area contributed by atoms with E-state index in [0.717, 1.165) is 25.7 Å². The molecular weight excluding hydrogens is 280 g/mol. The predicted octanol–water partition coefficient (Wildman–Crippen LogP) is 2.64. The fourth-order valence-corrected chi connectivity index (χ4v) is 2.75. The second-order valence-corrected chi connectivity index (χ2v) is 5.70. The van der Waals surface area contributed by atoms with Gasteiger partial charge in [-0.3, -0.25) is 4.79 Å². The molecule has 0 heterocycles. The molecule has 0 unspecified atom stereocenters. The molecule has 5 nitrogen and oxygen atoms in total. The summed E-state index contributed by atoms with van der Waals surface area (Å²) in [6.45, 7) is 0. The van der Waals surface area contributed by atoms with Crippen LogP contribution in [-0.2, 0) is 4.79 Å². The molecule has 0 spiro atoms. The van der Waals surface area contributed by atoms with Gasteiger partial charge in [-0.1, -0.05) is 24.4 Å². The minimum Gasteiger partial charge on any atom is -0.478 e. The van der Waals surface area contributed by atoms with Crippen LogP contribution in [0.15, 0.2) is 18.2 Å². The van der Waals surface area contributed by atoms with Crippen LogP contribution in [0.25, 0.3) is 0 Å². The Kier molecular flexibility index (Phi) is 4.30. The third-order valence-electron chi connectivity index (χ3n) is 3.60. The lowest BCUT2D eigenvalue weighted by molar-refractivity contribution is -0.117. The van der Waals surface area contributed by atoms with Crippen LogP contribution in [0.1, 0.15) is 42.5 Å². The van der Waals surface area contributed by atoms with E-state index in [-0.39, 0.29) is 22.9 Å². The summed E-state index contributed by atoms with van der Waals surface area (Å²) in [6.07, 6.45) is 4.07. The average molecular weight is 297 g/mol. The van der Waals surface area contributed by atoms with Crippen LogP contribution >= 0.6 is 11.6 Å². The Morgan fingerprint density at radius 3 is 2.55 bits per heavy atom. The van der Waals surface area contributed by atoms with E-state index in [1.807, 2.05) is 0 Å². The lowest BCUT2D eigenvalue weighted by atomic mass is 9.94. The van der Waals surface area contributed by atoms with E-state index in [2.05, 4.69) is 5.32 Å². The highest BCUT2D eigenvalue weighted by molar-refractivity contribution is 6.34. The van der Waals surface area contributed by atoms with E-state index >= 15 is 0 Å². The first-order valence-electron chi connectivity index (χ1n) is 6.51. The predicted molar refractivity (Wildman–Crippen MR) is 77.0 cm³/mol. The average Bonchev–Trinajstić information content (AvgIpc) is 2.77. The number of aromatic carboxylic acids is 1. The highest BCUT2D eigenvalue weighted by atomic mass is 35.5. The third kappa shape index (κ3) is 3.49. The quantitative estimate of drug-likeness (QED) is 0.796. The van der Waals surface area contributed by atoms with Gasteiger partial charge < -0.3 is 16.2 Å². The number of carboxylic acid groups (broad SMARTS) is 1. The number of halogens is 1. The lowest BCUT2D eigenvalue weighted by Crippen LogP contribution is -2.40. The van der Waals surface area contributed by atoms with Crippen molar-refractivity contribution in [2.75, 3.05) is 5.32 Å². The Balaban J connectivity index is 2.02. The number of nitrogens with two attached hydrogens (primary N) is 1. The van der Waals surface area contributed by atoms with Crippen LogP contribution in [0.2, 0.25) is 5.02 Å². The number of hydrogen-bond donors (Lipinski definition) is 3. The van der Waals surface area contributed by atoms with Crippen molar-refractivity contribution in [3.63, 3.8) is 0 Å². The van der Waals surface area contributed by atoms with Gasteiger partial charge in [-0.05, 0) is 31.0 Å². The fourth-order valence-electron chi connectivity index (χ4n) is 2.52. The molecule has 2 rings (SSSR count). The van der Waals surface area contributed by atoms with Crippen LogP contribution in [0.5, 0.6) is 0 Å². The normalized spacial score (nSPS) is 16.9. The molecule has 0 aliphatic heterocycles. The number of nitrogens with one attached hydrogen (secondary N) is 1. The molecular formula is C14H17ClN2O3. The maximum atomic E-state index is 12.0. The monoisotopic (exact) mass is 296 g/mol. The van der Waals surface area contributed by atoms with Crippen LogP contribution < -0.4 is 11.1 Å². The van der Waals surface area contributed by atoms with E-state index < -0.39 is 11.5 Å². The Bertz CT molecular complexity index is 539. The molecule has 20 heavy (non-hydrogen) atoms. The van der Waals surface area contributed by atoms with E-state index in [4.69, 9.17) is 22.4 Å². The van der Waals surface area contributed by atoms with Crippen LogP contribution in [0.4, 0.5) is 5.69 Å². The van der Waals surface area contributed by atoms with Crippen molar-refractivity contribution >= 4 is 29.2 Å². The van der Waals surface area contributed by atoms with E-state index in [9.17, 15) is 9.59 Å². The minimum absolute atomic E-state index is 0.0825. The van der Waals surface area contributed by atoms with Crippen molar-refractivity contribution < 1.29 is 14.7 Å². The van der Waals surface area contributed by atoms with Gasteiger partial charge in [0.05, 0.1) is 16.3 Å². The molecule has 1 fully saturated rings. The summed E-state index contributed by atoms with van der Waals surface area (Å²) in [5.74, 6) is -1.25.